The van der Waals surface area contributed by atoms with Crippen LogP contribution in [0.4, 0.5) is 0 Å². The first-order chi connectivity index (χ1) is 15.9. The van der Waals surface area contributed by atoms with E-state index in [0.29, 0.717) is 5.56 Å². The van der Waals surface area contributed by atoms with Crippen molar-refractivity contribution in [3.63, 3.8) is 0 Å². The van der Waals surface area contributed by atoms with E-state index in [2.05, 4.69) is 55.7 Å². The number of carbonyl (C=O) groups excluding carboxylic acids is 1. The highest BCUT2D eigenvalue weighted by molar-refractivity contribution is 14.1. The molecule has 33 heavy (non-hydrogen) atoms. The van der Waals surface area contributed by atoms with Gasteiger partial charge >= 0.3 is 0 Å². The zero-order valence-corrected chi connectivity index (χ0v) is 22.4. The average Bonchev–Trinajstić information content (AvgIpc) is 2.81. The van der Waals surface area contributed by atoms with Crippen LogP contribution in [0.1, 0.15) is 29.8 Å². The fourth-order valence-corrected chi connectivity index (χ4v) is 5.42. The number of ether oxygens (including phenoxy) is 1. The van der Waals surface area contributed by atoms with Crippen molar-refractivity contribution in [2.45, 2.75) is 20.0 Å². The van der Waals surface area contributed by atoms with Crippen LogP contribution >= 0.6 is 45.2 Å². The van der Waals surface area contributed by atoms with E-state index in [1.807, 2.05) is 86.6 Å². The largest absolute Gasteiger partial charge is 0.489 e. The highest BCUT2D eigenvalue weighted by Gasteiger charge is 2.14. The molecule has 166 valence electrons. The molecule has 0 spiro atoms. The van der Waals surface area contributed by atoms with Gasteiger partial charge < -0.3 is 4.74 Å². The lowest BCUT2D eigenvalue weighted by Crippen LogP contribution is -2.18. The number of amides is 1. The summed E-state index contributed by atoms with van der Waals surface area (Å²) in [5, 5.41) is 4.99. The van der Waals surface area contributed by atoms with Crippen molar-refractivity contribution in [3.8, 4) is 17.0 Å². The SMILES string of the molecule is CC(C)Oc1c(I)cc(/C=N\NC(=O)c2cc(-c3ccccc3)nc3ccccc23)cc1I. The highest BCUT2D eigenvalue weighted by Crippen LogP contribution is 2.29. The summed E-state index contributed by atoms with van der Waals surface area (Å²) < 4.78 is 7.87. The molecule has 0 saturated heterocycles. The van der Waals surface area contributed by atoms with Gasteiger partial charge in [-0.2, -0.15) is 5.10 Å². The third kappa shape index (κ3) is 5.70. The lowest BCUT2D eigenvalue weighted by atomic mass is 10.0. The Morgan fingerprint density at radius 3 is 2.36 bits per heavy atom. The van der Waals surface area contributed by atoms with Crippen LogP contribution in [0.15, 0.2) is 77.9 Å². The molecule has 0 atom stereocenters. The monoisotopic (exact) mass is 661 g/mol. The standard InChI is InChI=1S/C26H21I2N3O2/c1-16(2)33-25-21(27)12-17(13-22(25)28)15-29-31-26(32)20-14-24(18-8-4-3-5-9-18)30-23-11-7-6-10-19(20)23/h3-16H,1-2H3,(H,31,32)/b29-15-. The minimum Gasteiger partial charge on any atom is -0.489 e. The number of carbonyl (C=O) groups is 1. The van der Waals surface area contributed by atoms with E-state index < -0.39 is 0 Å². The second kappa shape index (κ2) is 10.6. The number of nitrogens with one attached hydrogen (secondary N) is 1. The fourth-order valence-electron chi connectivity index (χ4n) is 3.35. The number of benzene rings is 3. The van der Waals surface area contributed by atoms with Crippen molar-refractivity contribution in [2.24, 2.45) is 5.10 Å². The van der Waals surface area contributed by atoms with Gasteiger partial charge in [0.15, 0.2) is 0 Å². The molecule has 5 nitrogen and oxygen atoms in total. The predicted octanol–water partition coefficient (Wildman–Crippen LogP) is 6.66. The quantitative estimate of drug-likeness (QED) is 0.143. The molecule has 0 bridgehead atoms. The van der Waals surface area contributed by atoms with E-state index in [4.69, 9.17) is 9.72 Å². The van der Waals surface area contributed by atoms with Crippen molar-refractivity contribution in [2.75, 3.05) is 0 Å². The number of rotatable bonds is 6. The molecule has 0 aliphatic carbocycles. The van der Waals surface area contributed by atoms with Crippen molar-refractivity contribution < 1.29 is 9.53 Å². The first-order valence-electron chi connectivity index (χ1n) is 10.4. The molecule has 1 aromatic heterocycles. The Kier molecular flexibility index (Phi) is 7.59. The van der Waals surface area contributed by atoms with Gasteiger partial charge in [0.1, 0.15) is 5.75 Å². The number of fused-ring (bicyclic) bond motifs is 1. The maximum atomic E-state index is 13.1. The second-order valence-electron chi connectivity index (χ2n) is 7.62. The van der Waals surface area contributed by atoms with Crippen LogP contribution in [0.5, 0.6) is 5.75 Å². The molecule has 0 unspecified atom stereocenters. The molecule has 1 amide bonds. The van der Waals surface area contributed by atoms with Crippen LogP contribution in [-0.2, 0) is 0 Å². The molecular weight excluding hydrogens is 640 g/mol. The van der Waals surface area contributed by atoms with Gasteiger partial charge in [0.05, 0.1) is 36.2 Å². The van der Waals surface area contributed by atoms with Crippen LogP contribution in [0.25, 0.3) is 22.2 Å². The van der Waals surface area contributed by atoms with Crippen molar-refractivity contribution in [1.82, 2.24) is 10.4 Å². The Morgan fingerprint density at radius 2 is 1.67 bits per heavy atom. The summed E-state index contributed by atoms with van der Waals surface area (Å²) in [6.07, 6.45) is 1.74. The van der Waals surface area contributed by atoms with Gasteiger partial charge in [-0.05, 0) is 88.9 Å². The summed E-state index contributed by atoms with van der Waals surface area (Å²) in [5.74, 6) is 0.579. The number of pyridine rings is 1. The van der Waals surface area contributed by atoms with Gasteiger partial charge in [-0.1, -0.05) is 48.5 Å². The number of hydrazone groups is 1. The lowest BCUT2D eigenvalue weighted by molar-refractivity contribution is 0.0956. The normalized spacial score (nSPS) is 11.3. The molecule has 0 aliphatic heterocycles. The van der Waals surface area contributed by atoms with Crippen LogP contribution in [0.3, 0.4) is 0 Å². The van der Waals surface area contributed by atoms with Gasteiger partial charge in [0, 0.05) is 10.9 Å². The van der Waals surface area contributed by atoms with Crippen LogP contribution < -0.4 is 10.2 Å². The number of aromatic nitrogens is 1. The van der Waals surface area contributed by atoms with Gasteiger partial charge in [-0.25, -0.2) is 10.4 Å². The van der Waals surface area contributed by atoms with Gasteiger partial charge in [0.2, 0.25) is 0 Å². The maximum absolute atomic E-state index is 13.1. The third-order valence-corrected chi connectivity index (χ3v) is 6.39. The van der Waals surface area contributed by atoms with E-state index in [1.165, 1.54) is 0 Å². The summed E-state index contributed by atoms with van der Waals surface area (Å²) in [5.41, 5.74) is 6.54. The fraction of sp³-hybridized carbons (Fsp3) is 0.115. The van der Waals surface area contributed by atoms with E-state index >= 15 is 0 Å². The molecule has 1 heterocycles. The van der Waals surface area contributed by atoms with Gasteiger partial charge in [0.25, 0.3) is 5.91 Å². The first-order valence-corrected chi connectivity index (χ1v) is 12.5. The van der Waals surface area contributed by atoms with Crippen LogP contribution in [0, 0.1) is 7.14 Å². The average molecular weight is 661 g/mol. The Labute approximate surface area is 219 Å². The highest BCUT2D eigenvalue weighted by atomic mass is 127. The summed E-state index contributed by atoms with van der Waals surface area (Å²) in [7, 11) is 0. The summed E-state index contributed by atoms with van der Waals surface area (Å²) in [4.78, 5) is 17.8. The smallest absolute Gasteiger partial charge is 0.272 e. The van der Waals surface area contributed by atoms with Crippen molar-refractivity contribution in [1.29, 1.82) is 0 Å². The number of hydrogen-bond donors (Lipinski definition) is 1. The molecule has 0 saturated carbocycles. The molecule has 4 rings (SSSR count). The second-order valence-corrected chi connectivity index (χ2v) is 9.94. The zero-order valence-electron chi connectivity index (χ0n) is 18.0. The van der Waals surface area contributed by atoms with E-state index in [9.17, 15) is 4.79 Å². The molecule has 4 aromatic rings. The van der Waals surface area contributed by atoms with Crippen LogP contribution in [0.2, 0.25) is 0 Å². The first kappa shape index (κ1) is 23.6. The van der Waals surface area contributed by atoms with Crippen molar-refractivity contribution in [3.05, 3.63) is 91.1 Å². The molecule has 0 radical (unpaired) electrons. The molecule has 1 N–H and O–H groups in total. The van der Waals surface area contributed by atoms with Crippen molar-refractivity contribution >= 4 is 68.2 Å². The number of hydrogen-bond acceptors (Lipinski definition) is 4. The Hall–Kier alpha value is -2.53. The minimum absolute atomic E-state index is 0.0989. The molecule has 0 fully saturated rings. The molecule has 3 aromatic carbocycles. The third-order valence-electron chi connectivity index (χ3n) is 4.78. The molecular formula is C26H21I2N3O2. The van der Waals surface area contributed by atoms with Crippen LogP contribution in [-0.4, -0.2) is 23.2 Å². The molecule has 7 heteroatoms. The molecule has 0 aliphatic rings. The Balaban J connectivity index is 1.60. The van der Waals surface area contributed by atoms with Gasteiger partial charge in [-0.15, -0.1) is 0 Å². The van der Waals surface area contributed by atoms with E-state index in [-0.39, 0.29) is 12.0 Å². The van der Waals surface area contributed by atoms with E-state index in [1.54, 1.807) is 6.21 Å². The number of para-hydroxylation sites is 1. The lowest BCUT2D eigenvalue weighted by Gasteiger charge is -2.14. The maximum Gasteiger partial charge on any atom is 0.272 e. The summed E-state index contributed by atoms with van der Waals surface area (Å²) in [6.45, 7) is 4.01. The Morgan fingerprint density at radius 1 is 1.00 bits per heavy atom. The summed E-state index contributed by atoms with van der Waals surface area (Å²) >= 11 is 4.50. The minimum atomic E-state index is -0.286. The topological polar surface area (TPSA) is 63.6 Å². The summed E-state index contributed by atoms with van der Waals surface area (Å²) in [6, 6.07) is 23.2. The van der Waals surface area contributed by atoms with Gasteiger partial charge in [-0.3, -0.25) is 4.79 Å². The Bertz CT molecular complexity index is 1320. The number of halogens is 2. The predicted molar refractivity (Wildman–Crippen MR) is 150 cm³/mol. The zero-order chi connectivity index (χ0) is 23.4. The number of nitrogens with zero attached hydrogens (tertiary/aromatic N) is 2. The van der Waals surface area contributed by atoms with E-state index in [0.717, 1.165) is 40.6 Å².